The summed E-state index contributed by atoms with van der Waals surface area (Å²) in [5, 5.41) is 4.47. The monoisotopic (exact) mass is 325 g/mol. The molecular weight excluding hydrogens is 302 g/mol. The van der Waals surface area contributed by atoms with Crippen molar-refractivity contribution in [2.75, 3.05) is 0 Å². The number of nitrogens with zero attached hydrogens (tertiary/aromatic N) is 2. The fraction of sp³-hybridized carbons (Fsp3) is 0.533. The van der Waals surface area contributed by atoms with Crippen LogP contribution in [0.4, 0.5) is 0 Å². The summed E-state index contributed by atoms with van der Waals surface area (Å²) < 4.78 is 34.7. The fourth-order valence-corrected chi connectivity index (χ4v) is 3.35. The summed E-state index contributed by atoms with van der Waals surface area (Å²) in [5.41, 5.74) is 0.197. The van der Waals surface area contributed by atoms with Crippen LogP contribution in [0.3, 0.4) is 0 Å². The van der Waals surface area contributed by atoms with Crippen molar-refractivity contribution in [3.05, 3.63) is 36.0 Å². The number of rotatable bonds is 5. The second-order valence-corrected chi connectivity index (χ2v) is 8.31. The second-order valence-electron chi connectivity index (χ2n) is 6.57. The molecule has 0 saturated heterocycles. The molecule has 0 aromatic carbocycles. The van der Waals surface area contributed by atoms with Gasteiger partial charge < -0.3 is 4.42 Å². The summed E-state index contributed by atoms with van der Waals surface area (Å²) in [6, 6.07) is 3.54. The van der Waals surface area contributed by atoms with Crippen LogP contribution >= 0.6 is 0 Å². The lowest BCUT2D eigenvalue weighted by Crippen LogP contribution is -2.26. The van der Waals surface area contributed by atoms with E-state index in [4.69, 9.17) is 4.42 Å². The zero-order valence-electron chi connectivity index (χ0n) is 13.6. The van der Waals surface area contributed by atoms with Crippen molar-refractivity contribution in [1.82, 2.24) is 14.5 Å². The first-order chi connectivity index (χ1) is 10.1. The summed E-state index contributed by atoms with van der Waals surface area (Å²) in [4.78, 5) is 0.222. The Morgan fingerprint density at radius 2 is 2.05 bits per heavy atom. The van der Waals surface area contributed by atoms with Crippen LogP contribution in [0.15, 0.2) is 33.9 Å². The van der Waals surface area contributed by atoms with E-state index in [9.17, 15) is 8.42 Å². The van der Waals surface area contributed by atoms with E-state index in [2.05, 4.69) is 9.82 Å². The van der Waals surface area contributed by atoms with Crippen molar-refractivity contribution in [3.8, 4) is 0 Å². The molecular formula is C15H23N3O3S. The molecule has 0 amide bonds. The molecule has 2 rings (SSSR count). The molecule has 0 bridgehead atoms. The highest BCUT2D eigenvalue weighted by atomic mass is 32.2. The van der Waals surface area contributed by atoms with Gasteiger partial charge in [0.05, 0.1) is 18.5 Å². The number of aromatic nitrogens is 2. The Morgan fingerprint density at radius 1 is 1.36 bits per heavy atom. The van der Waals surface area contributed by atoms with E-state index in [1.165, 1.54) is 6.26 Å². The minimum atomic E-state index is -3.66. The molecule has 122 valence electrons. The van der Waals surface area contributed by atoms with Crippen molar-refractivity contribution in [3.63, 3.8) is 0 Å². The quantitative estimate of drug-likeness (QED) is 0.917. The third kappa shape index (κ3) is 3.59. The van der Waals surface area contributed by atoms with E-state index in [1.807, 2.05) is 34.6 Å². The van der Waals surface area contributed by atoms with Gasteiger partial charge in [-0.05, 0) is 26.0 Å². The van der Waals surface area contributed by atoms with Crippen LogP contribution in [0.1, 0.15) is 52.1 Å². The van der Waals surface area contributed by atoms with Crippen molar-refractivity contribution >= 4 is 10.0 Å². The molecule has 1 N–H and O–H groups in total. The topological polar surface area (TPSA) is 77.1 Å². The third-order valence-corrected chi connectivity index (χ3v) is 4.65. The number of hydrogen-bond donors (Lipinski definition) is 1. The average molecular weight is 325 g/mol. The van der Waals surface area contributed by atoms with Crippen molar-refractivity contribution in [2.45, 2.75) is 57.5 Å². The zero-order chi connectivity index (χ0) is 16.5. The maximum atomic E-state index is 12.6. The molecule has 2 heterocycles. The second kappa shape index (κ2) is 5.89. The van der Waals surface area contributed by atoms with Crippen molar-refractivity contribution in [2.24, 2.45) is 0 Å². The maximum absolute atomic E-state index is 12.6. The zero-order valence-corrected chi connectivity index (χ0v) is 14.4. The lowest BCUT2D eigenvalue weighted by atomic mass is 9.92. The Balaban J connectivity index is 2.36. The van der Waals surface area contributed by atoms with Gasteiger partial charge in [0.1, 0.15) is 10.7 Å². The summed E-state index contributed by atoms with van der Waals surface area (Å²) in [6.07, 6.45) is 3.11. The van der Waals surface area contributed by atoms with Crippen LogP contribution < -0.4 is 4.72 Å². The first-order valence-corrected chi connectivity index (χ1v) is 8.71. The van der Waals surface area contributed by atoms with Crippen LogP contribution in [0.25, 0.3) is 0 Å². The van der Waals surface area contributed by atoms with Gasteiger partial charge in [-0.15, -0.1) is 0 Å². The SMILES string of the molecule is CC(C)n1cc(S(=O)(=O)NCc2ccco2)c(C(C)(C)C)n1. The Labute approximate surface area is 131 Å². The predicted molar refractivity (Wildman–Crippen MR) is 84.0 cm³/mol. The number of nitrogens with one attached hydrogen (secondary N) is 1. The predicted octanol–water partition coefficient (Wildman–Crippen LogP) is 2.83. The largest absolute Gasteiger partial charge is 0.468 e. The van der Waals surface area contributed by atoms with Gasteiger partial charge in [0.25, 0.3) is 0 Å². The number of furan rings is 1. The van der Waals surface area contributed by atoms with Gasteiger partial charge in [0.15, 0.2) is 0 Å². The molecule has 7 heteroatoms. The molecule has 0 atom stereocenters. The molecule has 0 radical (unpaired) electrons. The van der Waals surface area contributed by atoms with Gasteiger partial charge in [-0.2, -0.15) is 5.10 Å². The summed E-state index contributed by atoms with van der Waals surface area (Å²) in [5.74, 6) is 0.567. The molecule has 0 fully saturated rings. The minimum absolute atomic E-state index is 0.0927. The minimum Gasteiger partial charge on any atom is -0.468 e. The molecule has 2 aromatic heterocycles. The van der Waals surface area contributed by atoms with Gasteiger partial charge in [0.2, 0.25) is 10.0 Å². The van der Waals surface area contributed by atoms with Gasteiger partial charge >= 0.3 is 0 Å². The van der Waals surface area contributed by atoms with Crippen molar-refractivity contribution in [1.29, 1.82) is 0 Å². The summed E-state index contributed by atoms with van der Waals surface area (Å²) in [6.45, 7) is 9.90. The van der Waals surface area contributed by atoms with Crippen LogP contribution in [0.5, 0.6) is 0 Å². The number of hydrogen-bond acceptors (Lipinski definition) is 4. The van der Waals surface area contributed by atoms with Gasteiger partial charge in [-0.25, -0.2) is 13.1 Å². The summed E-state index contributed by atoms with van der Waals surface area (Å²) in [7, 11) is -3.66. The molecule has 0 spiro atoms. The molecule has 0 aliphatic rings. The van der Waals surface area contributed by atoms with Crippen molar-refractivity contribution < 1.29 is 12.8 Å². The molecule has 0 aliphatic heterocycles. The molecule has 0 aliphatic carbocycles. The normalized spacial score (nSPS) is 13.0. The van der Waals surface area contributed by atoms with E-state index in [1.54, 1.807) is 23.0 Å². The van der Waals surface area contributed by atoms with E-state index >= 15 is 0 Å². The highest BCUT2D eigenvalue weighted by Crippen LogP contribution is 2.28. The van der Waals surface area contributed by atoms with Crippen LogP contribution in [-0.2, 0) is 22.0 Å². The summed E-state index contributed by atoms with van der Waals surface area (Å²) >= 11 is 0. The molecule has 6 nitrogen and oxygen atoms in total. The Kier molecular flexibility index (Phi) is 4.49. The molecule has 0 saturated carbocycles. The van der Waals surface area contributed by atoms with Crippen LogP contribution in [0, 0.1) is 0 Å². The lowest BCUT2D eigenvalue weighted by Gasteiger charge is -2.17. The highest BCUT2D eigenvalue weighted by Gasteiger charge is 2.30. The molecule has 22 heavy (non-hydrogen) atoms. The average Bonchev–Trinajstić information content (AvgIpc) is 3.05. The van der Waals surface area contributed by atoms with Gasteiger partial charge in [-0.1, -0.05) is 20.8 Å². The smallest absolute Gasteiger partial charge is 0.244 e. The van der Waals surface area contributed by atoms with E-state index in [-0.39, 0.29) is 22.9 Å². The lowest BCUT2D eigenvalue weighted by molar-refractivity contribution is 0.491. The highest BCUT2D eigenvalue weighted by molar-refractivity contribution is 7.89. The van der Waals surface area contributed by atoms with Crippen LogP contribution in [0.2, 0.25) is 0 Å². The third-order valence-electron chi connectivity index (χ3n) is 3.24. The van der Waals surface area contributed by atoms with E-state index in [0.717, 1.165) is 0 Å². The molecule has 0 unspecified atom stereocenters. The fourth-order valence-electron chi connectivity index (χ4n) is 2.01. The van der Waals surface area contributed by atoms with Crippen LogP contribution in [-0.4, -0.2) is 18.2 Å². The Hall–Kier alpha value is -1.60. The van der Waals surface area contributed by atoms with E-state index < -0.39 is 10.0 Å². The number of sulfonamides is 1. The first-order valence-electron chi connectivity index (χ1n) is 7.23. The Bertz CT molecular complexity index is 723. The van der Waals surface area contributed by atoms with Gasteiger partial charge in [-0.3, -0.25) is 4.68 Å². The maximum Gasteiger partial charge on any atom is 0.244 e. The Morgan fingerprint density at radius 3 is 2.55 bits per heavy atom. The molecule has 2 aromatic rings. The first kappa shape index (κ1) is 16.8. The van der Waals surface area contributed by atoms with Gasteiger partial charge in [0, 0.05) is 17.7 Å². The standard InChI is InChI=1S/C15H23N3O3S/c1-11(2)18-10-13(14(17-18)15(3,4)5)22(19,20)16-9-12-7-6-8-21-12/h6-8,10-11,16H,9H2,1-5H3. The van der Waals surface area contributed by atoms with E-state index in [0.29, 0.717) is 11.5 Å².